The van der Waals surface area contributed by atoms with Crippen LogP contribution in [0.25, 0.3) is 0 Å². The summed E-state index contributed by atoms with van der Waals surface area (Å²) in [4.78, 5) is 12.1. The highest BCUT2D eigenvalue weighted by molar-refractivity contribution is 6.35. The van der Waals surface area contributed by atoms with Crippen molar-refractivity contribution in [2.75, 3.05) is 5.32 Å². The van der Waals surface area contributed by atoms with Gasteiger partial charge in [0.2, 0.25) is 5.91 Å². The maximum Gasteiger partial charge on any atom is 0.224 e. The first kappa shape index (κ1) is 15.9. The largest absolute Gasteiger partial charge is 0.326 e. The van der Waals surface area contributed by atoms with Gasteiger partial charge in [0.15, 0.2) is 0 Å². The number of anilines is 1. The van der Waals surface area contributed by atoms with Gasteiger partial charge in [-0.2, -0.15) is 0 Å². The predicted octanol–water partition coefficient (Wildman–Crippen LogP) is 5.13. The summed E-state index contributed by atoms with van der Waals surface area (Å²) in [5.74, 6) is -0.0121. The number of hydrogen-bond acceptors (Lipinski definition) is 1. The van der Waals surface area contributed by atoms with Crippen molar-refractivity contribution < 1.29 is 4.79 Å². The van der Waals surface area contributed by atoms with Crippen LogP contribution in [0.1, 0.15) is 24.5 Å². The zero-order chi connectivity index (χ0) is 15.2. The zero-order valence-corrected chi connectivity index (χ0v) is 13.3. The Hall–Kier alpha value is -1.51. The number of halogens is 2. The molecule has 1 amide bonds. The van der Waals surface area contributed by atoms with Gasteiger partial charge >= 0.3 is 0 Å². The number of carbonyl (C=O) groups is 1. The normalized spacial score (nSPS) is 10.4. The number of carbonyl (C=O) groups excluding carboxylic acids is 1. The van der Waals surface area contributed by atoms with Crippen LogP contribution < -0.4 is 5.32 Å². The predicted molar refractivity (Wildman–Crippen MR) is 89.2 cm³/mol. The summed E-state index contributed by atoms with van der Waals surface area (Å²) >= 11 is 12.0. The maximum absolute atomic E-state index is 12.1. The Morgan fingerprint density at radius 2 is 1.86 bits per heavy atom. The molecule has 2 aromatic carbocycles. The summed E-state index contributed by atoms with van der Waals surface area (Å²) in [6.45, 7) is 2.07. The second-order valence-corrected chi connectivity index (χ2v) is 5.64. The van der Waals surface area contributed by atoms with Crippen LogP contribution in [0.3, 0.4) is 0 Å². The Morgan fingerprint density at radius 3 is 2.57 bits per heavy atom. The minimum Gasteiger partial charge on any atom is -0.326 e. The van der Waals surface area contributed by atoms with Gasteiger partial charge in [-0.1, -0.05) is 54.4 Å². The van der Waals surface area contributed by atoms with Crippen molar-refractivity contribution in [2.45, 2.75) is 26.2 Å². The summed E-state index contributed by atoms with van der Waals surface area (Å²) < 4.78 is 0. The van der Waals surface area contributed by atoms with Crippen LogP contribution in [-0.2, 0) is 17.6 Å². The second kappa shape index (κ2) is 7.48. The molecule has 0 aliphatic carbocycles. The average Bonchev–Trinajstić information content (AvgIpc) is 2.47. The third kappa shape index (κ3) is 4.48. The first-order valence-corrected chi connectivity index (χ1v) is 7.67. The van der Waals surface area contributed by atoms with Gasteiger partial charge in [0.25, 0.3) is 0 Å². The molecule has 0 saturated heterocycles. The lowest BCUT2D eigenvalue weighted by molar-refractivity contribution is -0.116. The van der Waals surface area contributed by atoms with Gasteiger partial charge < -0.3 is 5.32 Å². The Bertz CT molecular complexity index is 640. The van der Waals surface area contributed by atoms with Crippen LogP contribution in [0.4, 0.5) is 5.69 Å². The molecule has 0 fully saturated rings. The second-order valence-electron chi connectivity index (χ2n) is 4.79. The van der Waals surface area contributed by atoms with E-state index in [1.54, 1.807) is 12.1 Å². The monoisotopic (exact) mass is 321 g/mol. The smallest absolute Gasteiger partial charge is 0.224 e. The van der Waals surface area contributed by atoms with E-state index in [0.717, 1.165) is 23.2 Å². The average molecular weight is 322 g/mol. The number of benzene rings is 2. The maximum atomic E-state index is 12.1. The van der Waals surface area contributed by atoms with Crippen molar-refractivity contribution in [1.82, 2.24) is 0 Å². The van der Waals surface area contributed by atoms with E-state index in [2.05, 4.69) is 12.2 Å². The summed E-state index contributed by atoms with van der Waals surface area (Å²) in [6.07, 6.45) is 1.87. The lowest BCUT2D eigenvalue weighted by Crippen LogP contribution is -2.13. The molecule has 0 aliphatic rings. The molecule has 0 atom stereocenters. The van der Waals surface area contributed by atoms with Crippen molar-refractivity contribution in [1.29, 1.82) is 0 Å². The SMILES string of the molecule is CCc1ccccc1NC(=O)CCc1ccc(Cl)cc1Cl. The molecule has 4 heteroatoms. The zero-order valence-electron chi connectivity index (χ0n) is 11.8. The van der Waals surface area contributed by atoms with E-state index in [1.807, 2.05) is 30.3 Å². The summed E-state index contributed by atoms with van der Waals surface area (Å²) in [5, 5.41) is 4.16. The molecular formula is C17H17Cl2NO. The number of aryl methyl sites for hydroxylation is 2. The van der Waals surface area contributed by atoms with E-state index < -0.39 is 0 Å². The van der Waals surface area contributed by atoms with E-state index in [0.29, 0.717) is 22.9 Å². The first-order valence-electron chi connectivity index (χ1n) is 6.92. The van der Waals surface area contributed by atoms with Crippen LogP contribution in [0, 0.1) is 0 Å². The molecule has 21 heavy (non-hydrogen) atoms. The highest BCUT2D eigenvalue weighted by Gasteiger charge is 2.08. The molecular weight excluding hydrogens is 305 g/mol. The fraction of sp³-hybridized carbons (Fsp3) is 0.235. The molecule has 2 rings (SSSR count). The molecule has 0 bridgehead atoms. The minimum absolute atomic E-state index is 0.0121. The fourth-order valence-corrected chi connectivity index (χ4v) is 2.64. The molecule has 0 aromatic heterocycles. The van der Waals surface area contributed by atoms with Crippen LogP contribution in [0.2, 0.25) is 10.0 Å². The van der Waals surface area contributed by atoms with Crippen molar-refractivity contribution in [2.24, 2.45) is 0 Å². The Balaban J connectivity index is 1.96. The van der Waals surface area contributed by atoms with Crippen LogP contribution in [-0.4, -0.2) is 5.91 Å². The molecule has 0 aliphatic heterocycles. The summed E-state index contributed by atoms with van der Waals surface area (Å²) in [7, 11) is 0. The molecule has 2 nitrogen and oxygen atoms in total. The Kier molecular flexibility index (Phi) is 5.66. The quantitative estimate of drug-likeness (QED) is 0.812. The van der Waals surface area contributed by atoms with E-state index in [9.17, 15) is 4.79 Å². The molecule has 0 spiro atoms. The standard InChI is InChI=1S/C17H17Cl2NO/c1-2-12-5-3-4-6-16(12)20-17(21)10-8-13-7-9-14(18)11-15(13)19/h3-7,9,11H,2,8,10H2,1H3,(H,20,21). The number of rotatable bonds is 5. The summed E-state index contributed by atoms with van der Waals surface area (Å²) in [6, 6.07) is 13.2. The van der Waals surface area contributed by atoms with Crippen molar-refractivity contribution in [3.8, 4) is 0 Å². The topological polar surface area (TPSA) is 29.1 Å². The van der Waals surface area contributed by atoms with Gasteiger partial charge in [0, 0.05) is 22.2 Å². The van der Waals surface area contributed by atoms with Gasteiger partial charge in [-0.15, -0.1) is 0 Å². The highest BCUT2D eigenvalue weighted by atomic mass is 35.5. The van der Waals surface area contributed by atoms with Gasteiger partial charge in [-0.05, 0) is 42.2 Å². The lowest BCUT2D eigenvalue weighted by Gasteiger charge is -2.10. The minimum atomic E-state index is -0.0121. The number of para-hydroxylation sites is 1. The Labute approximate surface area is 135 Å². The van der Waals surface area contributed by atoms with Gasteiger partial charge in [-0.3, -0.25) is 4.79 Å². The highest BCUT2D eigenvalue weighted by Crippen LogP contribution is 2.22. The van der Waals surface area contributed by atoms with Gasteiger partial charge in [0.1, 0.15) is 0 Å². The van der Waals surface area contributed by atoms with Crippen molar-refractivity contribution in [3.05, 3.63) is 63.6 Å². The Morgan fingerprint density at radius 1 is 1.10 bits per heavy atom. The van der Waals surface area contributed by atoms with Crippen LogP contribution in [0.15, 0.2) is 42.5 Å². The number of amides is 1. The molecule has 0 heterocycles. The van der Waals surface area contributed by atoms with Crippen LogP contribution >= 0.6 is 23.2 Å². The van der Waals surface area contributed by atoms with Gasteiger partial charge in [-0.25, -0.2) is 0 Å². The molecule has 2 aromatic rings. The molecule has 0 saturated carbocycles. The van der Waals surface area contributed by atoms with Crippen molar-refractivity contribution >= 4 is 34.8 Å². The van der Waals surface area contributed by atoms with Crippen LogP contribution in [0.5, 0.6) is 0 Å². The molecule has 1 N–H and O–H groups in total. The molecule has 0 unspecified atom stereocenters. The summed E-state index contributed by atoms with van der Waals surface area (Å²) in [5.41, 5.74) is 2.95. The van der Waals surface area contributed by atoms with E-state index >= 15 is 0 Å². The van der Waals surface area contributed by atoms with E-state index in [-0.39, 0.29) is 5.91 Å². The fourth-order valence-electron chi connectivity index (χ4n) is 2.14. The number of hydrogen-bond donors (Lipinski definition) is 1. The first-order chi connectivity index (χ1) is 10.1. The molecule has 110 valence electrons. The number of nitrogens with one attached hydrogen (secondary N) is 1. The third-order valence-corrected chi connectivity index (χ3v) is 3.90. The third-order valence-electron chi connectivity index (χ3n) is 3.31. The van der Waals surface area contributed by atoms with E-state index in [4.69, 9.17) is 23.2 Å². The lowest BCUT2D eigenvalue weighted by atomic mass is 10.1. The van der Waals surface area contributed by atoms with Gasteiger partial charge in [0.05, 0.1) is 0 Å². The molecule has 0 radical (unpaired) electrons. The van der Waals surface area contributed by atoms with Crippen molar-refractivity contribution in [3.63, 3.8) is 0 Å². The van der Waals surface area contributed by atoms with E-state index in [1.165, 1.54) is 0 Å².